The molecule has 0 fully saturated rings. The molecule has 4 heteroatoms. The quantitative estimate of drug-likeness (QED) is 0.688. The van der Waals surface area contributed by atoms with Gasteiger partial charge in [-0.25, -0.2) is 8.78 Å². The summed E-state index contributed by atoms with van der Waals surface area (Å²) in [6.45, 7) is 5.00. The van der Waals surface area contributed by atoms with E-state index in [2.05, 4.69) is 6.58 Å². The molecule has 0 aromatic heterocycles. The molecule has 1 rings (SSSR count). The predicted molar refractivity (Wildman–Crippen MR) is 54.6 cm³/mol. The summed E-state index contributed by atoms with van der Waals surface area (Å²) in [6.07, 6.45) is 0. The van der Waals surface area contributed by atoms with Gasteiger partial charge in [-0.3, -0.25) is 4.79 Å². The van der Waals surface area contributed by atoms with Crippen molar-refractivity contribution in [1.29, 1.82) is 0 Å². The standard InChI is InChI=1S/C11H11F2NO/c1-7(2)11(15)14(3)10-5-8(12)4-9(13)6-10/h4-6H,1H2,2-3H3. The zero-order valence-electron chi connectivity index (χ0n) is 8.55. The summed E-state index contributed by atoms with van der Waals surface area (Å²) in [5.41, 5.74) is 0.475. The van der Waals surface area contributed by atoms with E-state index in [9.17, 15) is 13.6 Å². The topological polar surface area (TPSA) is 20.3 Å². The SMILES string of the molecule is C=C(C)C(=O)N(C)c1cc(F)cc(F)c1. The van der Waals surface area contributed by atoms with Crippen molar-refractivity contribution >= 4 is 11.6 Å². The molecule has 0 N–H and O–H groups in total. The minimum Gasteiger partial charge on any atom is -0.312 e. The van der Waals surface area contributed by atoms with E-state index in [4.69, 9.17) is 0 Å². The van der Waals surface area contributed by atoms with Crippen LogP contribution >= 0.6 is 0 Å². The lowest BCUT2D eigenvalue weighted by atomic mass is 10.2. The summed E-state index contributed by atoms with van der Waals surface area (Å²) in [6, 6.07) is 2.93. The van der Waals surface area contributed by atoms with Gasteiger partial charge in [-0.15, -0.1) is 0 Å². The number of carbonyl (C=O) groups is 1. The lowest BCUT2D eigenvalue weighted by Gasteiger charge is -2.17. The van der Waals surface area contributed by atoms with E-state index in [1.54, 1.807) is 0 Å². The number of likely N-dealkylation sites (N-methyl/N-ethyl adjacent to an activating group) is 1. The Morgan fingerprint density at radius 2 is 1.73 bits per heavy atom. The first-order valence-electron chi connectivity index (χ1n) is 4.31. The Morgan fingerprint density at radius 3 is 2.13 bits per heavy atom. The first-order valence-corrected chi connectivity index (χ1v) is 4.31. The van der Waals surface area contributed by atoms with Gasteiger partial charge < -0.3 is 4.90 Å². The summed E-state index contributed by atoms with van der Waals surface area (Å²) in [5.74, 6) is -1.81. The molecule has 2 nitrogen and oxygen atoms in total. The number of carbonyl (C=O) groups excluding carboxylic acids is 1. The van der Waals surface area contributed by atoms with Gasteiger partial charge in [0.2, 0.25) is 0 Å². The smallest absolute Gasteiger partial charge is 0.253 e. The van der Waals surface area contributed by atoms with Gasteiger partial charge in [0.1, 0.15) is 11.6 Å². The van der Waals surface area contributed by atoms with Gasteiger partial charge in [0.15, 0.2) is 0 Å². The highest BCUT2D eigenvalue weighted by Gasteiger charge is 2.12. The summed E-state index contributed by atoms with van der Waals surface area (Å²) < 4.78 is 25.7. The van der Waals surface area contributed by atoms with Crippen LogP contribution in [0.15, 0.2) is 30.4 Å². The molecule has 15 heavy (non-hydrogen) atoms. The third-order valence-electron chi connectivity index (χ3n) is 1.90. The molecule has 0 aliphatic heterocycles. The van der Waals surface area contributed by atoms with Crippen LogP contribution in [-0.2, 0) is 4.79 Å². The summed E-state index contributed by atoms with van der Waals surface area (Å²) >= 11 is 0. The molecule has 1 aromatic carbocycles. The van der Waals surface area contributed by atoms with E-state index in [-0.39, 0.29) is 11.6 Å². The Hall–Kier alpha value is -1.71. The van der Waals surface area contributed by atoms with Gasteiger partial charge >= 0.3 is 0 Å². The average Bonchev–Trinajstić information content (AvgIpc) is 2.13. The molecule has 80 valence electrons. The molecule has 0 atom stereocenters. The Balaban J connectivity index is 3.06. The lowest BCUT2D eigenvalue weighted by molar-refractivity contribution is -0.114. The normalized spacial score (nSPS) is 9.87. The summed E-state index contributed by atoms with van der Waals surface area (Å²) in [4.78, 5) is 12.6. The maximum atomic E-state index is 12.9. The lowest BCUT2D eigenvalue weighted by Crippen LogP contribution is -2.26. The molecule has 0 heterocycles. The molecular formula is C11H11F2NO. The van der Waals surface area contributed by atoms with Crippen molar-refractivity contribution in [2.24, 2.45) is 0 Å². The summed E-state index contributed by atoms with van der Waals surface area (Å²) in [5, 5.41) is 0. The Bertz CT molecular complexity index is 395. The second kappa shape index (κ2) is 4.21. The van der Waals surface area contributed by atoms with Crippen LogP contribution in [-0.4, -0.2) is 13.0 Å². The highest BCUT2D eigenvalue weighted by atomic mass is 19.1. The van der Waals surface area contributed by atoms with Gasteiger partial charge in [-0.05, 0) is 19.1 Å². The van der Waals surface area contributed by atoms with Crippen molar-refractivity contribution in [3.63, 3.8) is 0 Å². The van der Waals surface area contributed by atoms with Crippen molar-refractivity contribution < 1.29 is 13.6 Å². The molecule has 1 aromatic rings. The van der Waals surface area contributed by atoms with Gasteiger partial charge in [0.05, 0.1) is 0 Å². The molecule has 0 spiro atoms. The summed E-state index contributed by atoms with van der Waals surface area (Å²) in [7, 11) is 1.44. The molecule has 1 amide bonds. The minimum atomic E-state index is -0.716. The predicted octanol–water partition coefficient (Wildman–Crippen LogP) is 2.50. The second-order valence-electron chi connectivity index (χ2n) is 3.27. The first kappa shape index (κ1) is 11.4. The van der Waals surface area contributed by atoms with Gasteiger partial charge in [0.25, 0.3) is 5.91 Å². The van der Waals surface area contributed by atoms with Crippen LogP contribution in [0.3, 0.4) is 0 Å². The number of hydrogen-bond donors (Lipinski definition) is 0. The van der Waals surface area contributed by atoms with Crippen LogP contribution in [0.1, 0.15) is 6.92 Å². The fraction of sp³-hybridized carbons (Fsp3) is 0.182. The monoisotopic (exact) mass is 211 g/mol. The maximum Gasteiger partial charge on any atom is 0.253 e. The number of nitrogens with zero attached hydrogens (tertiary/aromatic N) is 1. The van der Waals surface area contributed by atoms with Crippen molar-refractivity contribution in [3.8, 4) is 0 Å². The number of halogens is 2. The molecule has 0 bridgehead atoms. The Kier molecular flexibility index (Phi) is 3.19. The van der Waals surface area contributed by atoms with Gasteiger partial charge in [0, 0.05) is 24.4 Å². The van der Waals surface area contributed by atoms with Crippen molar-refractivity contribution in [2.45, 2.75) is 6.92 Å². The van der Waals surface area contributed by atoms with Crippen molar-refractivity contribution in [1.82, 2.24) is 0 Å². The molecule has 0 aliphatic rings. The third-order valence-corrected chi connectivity index (χ3v) is 1.90. The number of amides is 1. The van der Waals surface area contributed by atoms with Crippen molar-refractivity contribution in [3.05, 3.63) is 42.0 Å². The highest BCUT2D eigenvalue weighted by Crippen LogP contribution is 2.17. The first-order chi connectivity index (χ1) is 6.91. The molecule has 0 unspecified atom stereocenters. The molecule has 0 aliphatic carbocycles. The van der Waals surface area contributed by atoms with E-state index in [1.165, 1.54) is 14.0 Å². The second-order valence-corrected chi connectivity index (χ2v) is 3.27. The fourth-order valence-corrected chi connectivity index (χ4v) is 1.14. The van der Waals surface area contributed by atoms with Crippen LogP contribution in [0.2, 0.25) is 0 Å². The Labute approximate surface area is 86.8 Å². The van der Waals surface area contributed by atoms with Gasteiger partial charge in [-0.2, -0.15) is 0 Å². The van der Waals surface area contributed by atoms with E-state index in [0.29, 0.717) is 5.57 Å². The number of anilines is 1. The minimum absolute atomic E-state index is 0.167. The van der Waals surface area contributed by atoms with Crippen LogP contribution in [0, 0.1) is 11.6 Å². The molecule has 0 saturated heterocycles. The zero-order valence-corrected chi connectivity index (χ0v) is 8.55. The van der Waals surface area contributed by atoms with Gasteiger partial charge in [-0.1, -0.05) is 6.58 Å². The van der Waals surface area contributed by atoms with Crippen molar-refractivity contribution in [2.75, 3.05) is 11.9 Å². The van der Waals surface area contributed by atoms with E-state index in [0.717, 1.165) is 23.1 Å². The highest BCUT2D eigenvalue weighted by molar-refractivity contribution is 6.04. The van der Waals surface area contributed by atoms with Crippen LogP contribution < -0.4 is 4.90 Å². The molecular weight excluding hydrogens is 200 g/mol. The third kappa shape index (κ3) is 2.62. The zero-order chi connectivity index (χ0) is 11.6. The fourth-order valence-electron chi connectivity index (χ4n) is 1.14. The van der Waals surface area contributed by atoms with E-state index >= 15 is 0 Å². The maximum absolute atomic E-state index is 12.9. The number of hydrogen-bond acceptors (Lipinski definition) is 1. The van der Waals surface area contributed by atoms with Crippen LogP contribution in [0.5, 0.6) is 0 Å². The Morgan fingerprint density at radius 1 is 1.27 bits per heavy atom. The van der Waals surface area contributed by atoms with E-state index < -0.39 is 11.6 Å². The van der Waals surface area contributed by atoms with Crippen LogP contribution in [0.25, 0.3) is 0 Å². The number of rotatable bonds is 2. The molecule has 0 radical (unpaired) electrons. The molecule has 0 saturated carbocycles. The van der Waals surface area contributed by atoms with Crippen LogP contribution in [0.4, 0.5) is 14.5 Å². The largest absolute Gasteiger partial charge is 0.312 e. The average molecular weight is 211 g/mol. The van der Waals surface area contributed by atoms with E-state index in [1.807, 2.05) is 0 Å². The number of benzene rings is 1.